The maximum Gasteiger partial charge on any atom is 2.00 e. The fraction of sp³-hybridized carbons (Fsp3) is 0.333. The summed E-state index contributed by atoms with van der Waals surface area (Å²) < 4.78 is 9.86. The Kier molecular flexibility index (Phi) is 15.2. The van der Waals surface area contributed by atoms with Crippen molar-refractivity contribution in [1.82, 2.24) is 0 Å². The topological polar surface area (TPSA) is 233 Å². The summed E-state index contributed by atoms with van der Waals surface area (Å²) in [6, 6.07) is 7.09. The van der Waals surface area contributed by atoms with Crippen LogP contribution in [0.5, 0.6) is 11.5 Å². The summed E-state index contributed by atoms with van der Waals surface area (Å²) in [5.41, 5.74) is -5.37. The van der Waals surface area contributed by atoms with Crippen molar-refractivity contribution in [3.8, 4) is 23.6 Å². The van der Waals surface area contributed by atoms with Crippen molar-refractivity contribution < 1.29 is 58.6 Å². The van der Waals surface area contributed by atoms with Crippen LogP contribution in [0.25, 0.3) is 11.5 Å². The number of rotatable bonds is 8. The van der Waals surface area contributed by atoms with Crippen molar-refractivity contribution in [2.45, 2.75) is 41.5 Å². The quantitative estimate of drug-likeness (QED) is 0.0875. The van der Waals surface area contributed by atoms with Crippen molar-refractivity contribution in [1.29, 1.82) is 10.5 Å². The Labute approximate surface area is 292 Å². The summed E-state index contributed by atoms with van der Waals surface area (Å²) in [5.74, 6) is -3.41. The number of Topliss-reactive ketones (excluding diaryl/α,β-unsaturated/α-hetero) is 2. The molecule has 0 atom stereocenters. The van der Waals surface area contributed by atoms with Gasteiger partial charge < -0.3 is 19.7 Å². The molecule has 17 heteroatoms. The third kappa shape index (κ3) is 10.2. The molecule has 0 spiro atoms. The van der Waals surface area contributed by atoms with Gasteiger partial charge in [-0.15, -0.1) is 0 Å². The van der Waals surface area contributed by atoms with Gasteiger partial charge >= 0.3 is 19.5 Å². The van der Waals surface area contributed by atoms with Gasteiger partial charge in [0.1, 0.15) is 23.6 Å². The molecular weight excluding hydrogens is 713 g/mol. The molecule has 0 bridgehead atoms. The molecule has 0 radical (unpaired) electrons. The van der Waals surface area contributed by atoms with Gasteiger partial charge in [-0.05, 0) is 12.1 Å². The van der Waals surface area contributed by atoms with Gasteiger partial charge in [0.15, 0.2) is 11.6 Å². The Morgan fingerprint density at radius 1 is 0.702 bits per heavy atom. The van der Waals surface area contributed by atoms with Crippen molar-refractivity contribution in [2.24, 2.45) is 10.8 Å². The van der Waals surface area contributed by atoms with Crippen LogP contribution < -0.4 is 19.7 Å². The average Bonchev–Trinajstić information content (AvgIpc) is 2.96. The molecule has 14 nitrogen and oxygen atoms in total. The van der Waals surface area contributed by atoms with E-state index in [-0.39, 0.29) is 41.0 Å². The van der Waals surface area contributed by atoms with Gasteiger partial charge in [-0.1, -0.05) is 76.3 Å². The zero-order valence-corrected chi connectivity index (χ0v) is 31.1. The van der Waals surface area contributed by atoms with Crippen molar-refractivity contribution in [2.75, 3.05) is 14.2 Å². The molecule has 0 amide bonds. The Morgan fingerprint density at radius 2 is 0.979 bits per heavy atom. The van der Waals surface area contributed by atoms with Crippen LogP contribution in [0.4, 0.5) is 11.4 Å². The fourth-order valence-corrected chi connectivity index (χ4v) is 3.96. The number of ketones is 2. The standard InChI is InChI=1S/2C15H15ClN2O5.Zn/c2*1-15(2,3)14(20)9(7-17)13(19)8-5-12(23-4)10(16)6-11(8)18(21)22;/h2*5-6,19H,1-4H3;/q;;+2/p-2. The maximum atomic E-state index is 12.5. The zero-order valence-electron chi connectivity index (χ0n) is 26.6. The number of hydrogen-bond acceptors (Lipinski definition) is 12. The number of nitriles is 2. The van der Waals surface area contributed by atoms with Gasteiger partial charge in [-0.2, -0.15) is 10.5 Å². The Bertz CT molecular complexity index is 1620. The molecule has 0 fully saturated rings. The van der Waals surface area contributed by atoms with Crippen LogP contribution in [-0.4, -0.2) is 35.6 Å². The third-order valence-corrected chi connectivity index (χ3v) is 6.51. The summed E-state index contributed by atoms with van der Waals surface area (Å²) >= 11 is 11.6. The summed E-state index contributed by atoms with van der Waals surface area (Å²) in [6.07, 6.45) is 0. The van der Waals surface area contributed by atoms with E-state index in [1.54, 1.807) is 12.1 Å². The van der Waals surface area contributed by atoms with Gasteiger partial charge in [0.2, 0.25) is 0 Å². The first-order valence-electron chi connectivity index (χ1n) is 12.9. The normalized spacial score (nSPS) is 11.9. The van der Waals surface area contributed by atoms with E-state index >= 15 is 0 Å². The van der Waals surface area contributed by atoms with E-state index in [0.717, 1.165) is 24.3 Å². The second kappa shape index (κ2) is 16.8. The average molecular weight is 741 g/mol. The Morgan fingerprint density at radius 3 is 1.17 bits per heavy atom. The molecule has 0 saturated carbocycles. The number of hydrogen-bond donors (Lipinski definition) is 0. The number of halogens is 2. The predicted molar refractivity (Wildman–Crippen MR) is 163 cm³/mol. The molecule has 0 saturated heterocycles. The van der Waals surface area contributed by atoms with Gasteiger partial charge in [0.25, 0.3) is 11.4 Å². The second-order valence-electron chi connectivity index (χ2n) is 11.3. The number of allylic oxidation sites excluding steroid dienone is 2. The number of benzene rings is 2. The van der Waals surface area contributed by atoms with Crippen LogP contribution in [0.15, 0.2) is 35.4 Å². The van der Waals surface area contributed by atoms with Gasteiger partial charge in [-0.25, -0.2) is 0 Å². The molecule has 0 aliphatic rings. The number of carbonyl (C=O) groups excluding carboxylic acids is 2. The number of nitro benzene ring substituents is 2. The first-order chi connectivity index (χ1) is 21.1. The number of methoxy groups -OCH3 is 2. The fourth-order valence-electron chi connectivity index (χ4n) is 3.49. The monoisotopic (exact) mass is 738 g/mol. The molecular formula is C30H28Cl2N4O10Zn. The van der Waals surface area contributed by atoms with E-state index < -0.39 is 77.4 Å². The van der Waals surface area contributed by atoms with Gasteiger partial charge in [0, 0.05) is 34.1 Å². The van der Waals surface area contributed by atoms with E-state index in [2.05, 4.69) is 0 Å². The van der Waals surface area contributed by atoms with Crippen LogP contribution >= 0.6 is 23.2 Å². The third-order valence-electron chi connectivity index (χ3n) is 5.92. The van der Waals surface area contributed by atoms with E-state index in [9.17, 15) is 40.0 Å². The number of nitro groups is 2. The van der Waals surface area contributed by atoms with Crippen molar-refractivity contribution in [3.63, 3.8) is 0 Å². The molecule has 2 aromatic carbocycles. The number of nitrogens with zero attached hydrogens (tertiary/aromatic N) is 4. The summed E-state index contributed by atoms with van der Waals surface area (Å²) in [4.78, 5) is 45.1. The SMILES string of the molecule is COc1cc(C([O-])=C(C#N)C(=O)C(C)(C)C)c([N+](=O)[O-])cc1Cl.COc1cc(C([O-])=C(C#N)C(=O)C(C)(C)C)c([N+](=O)[O-])cc1Cl.[Zn+2]. The molecule has 0 aliphatic heterocycles. The molecule has 0 heterocycles. The molecule has 47 heavy (non-hydrogen) atoms. The maximum absolute atomic E-state index is 12.5. The van der Waals surface area contributed by atoms with Crippen LogP contribution in [0.3, 0.4) is 0 Å². The van der Waals surface area contributed by atoms with Crippen LogP contribution in [-0.2, 0) is 29.1 Å². The second-order valence-corrected chi connectivity index (χ2v) is 12.1. The Hall–Kier alpha value is -4.56. The minimum absolute atomic E-state index is 0. The molecule has 244 valence electrons. The van der Waals surface area contributed by atoms with E-state index in [1.807, 2.05) is 0 Å². The number of ether oxygens (including phenoxy) is 2. The zero-order chi connectivity index (χ0) is 35.9. The molecule has 0 unspecified atom stereocenters. The molecule has 2 aromatic rings. The van der Waals surface area contributed by atoms with Crippen LogP contribution in [0.1, 0.15) is 52.7 Å². The van der Waals surface area contributed by atoms with Crippen LogP contribution in [0, 0.1) is 53.7 Å². The minimum Gasteiger partial charge on any atom is -0.871 e. The Balaban J connectivity index is 0.000000882. The van der Waals surface area contributed by atoms with Crippen molar-refractivity contribution in [3.05, 3.63) is 76.8 Å². The smallest absolute Gasteiger partial charge is 0.871 e. The van der Waals surface area contributed by atoms with E-state index in [4.69, 9.17) is 43.2 Å². The summed E-state index contributed by atoms with van der Waals surface area (Å²) in [5, 5.41) is 65.4. The van der Waals surface area contributed by atoms with E-state index in [0.29, 0.717) is 0 Å². The largest absolute Gasteiger partial charge is 2.00 e. The first-order valence-corrected chi connectivity index (χ1v) is 13.6. The van der Waals surface area contributed by atoms with Gasteiger partial charge in [-0.3, -0.25) is 29.8 Å². The molecule has 0 N–H and O–H groups in total. The van der Waals surface area contributed by atoms with Crippen molar-refractivity contribution >= 4 is 57.7 Å². The number of carbonyl (C=O) groups is 2. The molecule has 0 aliphatic carbocycles. The summed E-state index contributed by atoms with van der Waals surface area (Å²) in [6.45, 7) is 9.23. The first kappa shape index (κ1) is 42.4. The molecule has 2 rings (SSSR count). The minimum atomic E-state index is -1.03. The van der Waals surface area contributed by atoms with E-state index in [1.165, 1.54) is 55.8 Å². The van der Waals surface area contributed by atoms with Crippen LogP contribution in [0.2, 0.25) is 10.0 Å². The van der Waals surface area contributed by atoms with Gasteiger partial charge in [0.05, 0.1) is 45.3 Å². The molecule has 0 aromatic heterocycles. The predicted octanol–water partition coefficient (Wildman–Crippen LogP) is 4.93. The summed E-state index contributed by atoms with van der Waals surface area (Å²) in [7, 11) is 2.55.